The van der Waals surface area contributed by atoms with Crippen molar-refractivity contribution >= 4 is 0 Å². The fraction of sp³-hybridized carbons (Fsp3) is 0.520. The van der Waals surface area contributed by atoms with Gasteiger partial charge in [0.2, 0.25) is 0 Å². The number of benzene rings is 2. The normalized spacial score (nSPS) is 21.5. The molecular weight excluding hydrogens is 396 g/mol. The average molecular weight is 429 g/mol. The van der Waals surface area contributed by atoms with Crippen LogP contribution in [0.4, 0.5) is 0 Å². The largest absolute Gasteiger partial charge is 0.488 e. The molecule has 1 saturated heterocycles. The quantitative estimate of drug-likeness (QED) is 0.648. The van der Waals surface area contributed by atoms with Crippen LogP contribution in [0.5, 0.6) is 5.75 Å². The summed E-state index contributed by atoms with van der Waals surface area (Å²) in [5.74, 6) is 0.817. The third-order valence-corrected chi connectivity index (χ3v) is 5.60. The summed E-state index contributed by atoms with van der Waals surface area (Å²) in [5, 5.41) is 9.92. The van der Waals surface area contributed by atoms with E-state index in [0.717, 1.165) is 53.9 Å². The maximum atomic E-state index is 9.92. The molecule has 0 bridgehead atoms. The lowest BCUT2D eigenvalue weighted by molar-refractivity contribution is -0.181. The van der Waals surface area contributed by atoms with Crippen molar-refractivity contribution in [3.8, 4) is 5.75 Å². The first kappa shape index (κ1) is 22.2. The van der Waals surface area contributed by atoms with E-state index in [4.69, 9.17) is 23.7 Å². The number of ether oxygens (including phenoxy) is 5. The molecule has 0 amide bonds. The maximum absolute atomic E-state index is 9.92. The van der Waals surface area contributed by atoms with Gasteiger partial charge in [0.1, 0.15) is 24.6 Å². The number of aliphatic hydroxyl groups excluding tert-OH is 1. The zero-order valence-electron chi connectivity index (χ0n) is 18.1. The number of aliphatic hydroxyl groups is 1. The first-order valence-electron chi connectivity index (χ1n) is 11.2. The van der Waals surface area contributed by atoms with E-state index in [1.807, 2.05) is 31.2 Å². The lowest BCUT2D eigenvalue weighted by atomic mass is 9.96. The van der Waals surface area contributed by atoms with Gasteiger partial charge in [-0.2, -0.15) is 0 Å². The van der Waals surface area contributed by atoms with Crippen molar-refractivity contribution in [1.82, 2.24) is 0 Å². The minimum Gasteiger partial charge on any atom is -0.488 e. The molecule has 0 spiro atoms. The number of hydrogen-bond donors (Lipinski definition) is 1. The summed E-state index contributed by atoms with van der Waals surface area (Å²) >= 11 is 0. The van der Waals surface area contributed by atoms with Crippen molar-refractivity contribution in [3.63, 3.8) is 0 Å². The second-order valence-electron chi connectivity index (χ2n) is 8.00. The van der Waals surface area contributed by atoms with Gasteiger partial charge in [-0.1, -0.05) is 30.3 Å². The number of rotatable bonds is 9. The fourth-order valence-electron chi connectivity index (χ4n) is 4.00. The van der Waals surface area contributed by atoms with Crippen LogP contribution in [0, 0.1) is 0 Å². The molecule has 6 nitrogen and oxygen atoms in total. The summed E-state index contributed by atoms with van der Waals surface area (Å²) < 4.78 is 29.5. The van der Waals surface area contributed by atoms with Crippen LogP contribution in [0.15, 0.2) is 42.5 Å². The molecule has 0 radical (unpaired) electrons. The third kappa shape index (κ3) is 5.84. The van der Waals surface area contributed by atoms with Crippen molar-refractivity contribution < 1.29 is 28.8 Å². The van der Waals surface area contributed by atoms with Crippen LogP contribution >= 0.6 is 0 Å². The molecule has 2 aliphatic rings. The predicted molar refractivity (Wildman–Crippen MR) is 116 cm³/mol. The molecule has 3 atom stereocenters. The van der Waals surface area contributed by atoms with E-state index in [1.165, 1.54) is 0 Å². The van der Waals surface area contributed by atoms with Gasteiger partial charge in [0.25, 0.3) is 0 Å². The minimum absolute atomic E-state index is 0.216. The molecule has 31 heavy (non-hydrogen) atoms. The zero-order chi connectivity index (χ0) is 21.5. The SMILES string of the molecule is CCOCC(O)COCc1ccc2c(c1)C(OC1CCCCO1)c1ccccc1CO2. The van der Waals surface area contributed by atoms with Gasteiger partial charge in [0.15, 0.2) is 6.29 Å². The Hall–Kier alpha value is -1.96. The van der Waals surface area contributed by atoms with Crippen molar-refractivity contribution in [2.24, 2.45) is 0 Å². The minimum atomic E-state index is -0.629. The van der Waals surface area contributed by atoms with Crippen molar-refractivity contribution in [2.75, 3.05) is 26.4 Å². The lowest BCUT2D eigenvalue weighted by Gasteiger charge is -2.29. The van der Waals surface area contributed by atoms with E-state index in [9.17, 15) is 5.11 Å². The molecule has 4 rings (SSSR count). The molecule has 3 unspecified atom stereocenters. The van der Waals surface area contributed by atoms with Crippen molar-refractivity contribution in [2.45, 2.75) is 57.9 Å². The molecule has 2 heterocycles. The van der Waals surface area contributed by atoms with E-state index in [1.54, 1.807) is 0 Å². The Morgan fingerprint density at radius 1 is 1.06 bits per heavy atom. The predicted octanol–water partition coefficient (Wildman–Crippen LogP) is 4.13. The molecule has 2 aliphatic heterocycles. The van der Waals surface area contributed by atoms with E-state index in [0.29, 0.717) is 19.8 Å². The third-order valence-electron chi connectivity index (χ3n) is 5.60. The highest BCUT2D eigenvalue weighted by Crippen LogP contribution is 2.40. The van der Waals surface area contributed by atoms with Crippen LogP contribution < -0.4 is 4.74 Å². The fourth-order valence-corrected chi connectivity index (χ4v) is 4.00. The smallest absolute Gasteiger partial charge is 0.158 e. The van der Waals surface area contributed by atoms with Crippen LogP contribution in [-0.4, -0.2) is 43.9 Å². The Bertz CT molecular complexity index is 833. The Balaban J connectivity index is 1.53. The van der Waals surface area contributed by atoms with E-state index in [-0.39, 0.29) is 25.6 Å². The van der Waals surface area contributed by atoms with Gasteiger partial charge >= 0.3 is 0 Å². The molecule has 6 heteroatoms. The standard InChI is InChI=1S/C25H32O6/c1-2-27-16-20(26)17-28-14-18-10-11-23-22(13-18)25(31-24-9-5-6-12-29-24)21-8-4-3-7-19(21)15-30-23/h3-4,7-8,10-11,13,20,24-26H,2,5-6,9,12,14-17H2,1H3. The Morgan fingerprint density at radius 3 is 2.77 bits per heavy atom. The molecule has 1 N–H and O–H groups in total. The summed E-state index contributed by atoms with van der Waals surface area (Å²) in [5.41, 5.74) is 4.22. The van der Waals surface area contributed by atoms with Crippen molar-refractivity contribution in [3.05, 3.63) is 64.7 Å². The first-order chi connectivity index (χ1) is 15.2. The number of hydrogen-bond acceptors (Lipinski definition) is 6. The van der Waals surface area contributed by atoms with E-state index in [2.05, 4.69) is 18.2 Å². The van der Waals surface area contributed by atoms with E-state index >= 15 is 0 Å². The molecular formula is C25H32O6. The summed E-state index contributed by atoms with van der Waals surface area (Å²) in [6.45, 7) is 4.63. The van der Waals surface area contributed by atoms with Gasteiger partial charge in [-0.15, -0.1) is 0 Å². The van der Waals surface area contributed by atoms with Crippen LogP contribution in [-0.2, 0) is 32.2 Å². The average Bonchev–Trinajstić information content (AvgIpc) is 2.95. The summed E-state index contributed by atoms with van der Waals surface area (Å²) in [7, 11) is 0. The van der Waals surface area contributed by atoms with Crippen LogP contribution in [0.25, 0.3) is 0 Å². The topological polar surface area (TPSA) is 66.4 Å². The highest BCUT2D eigenvalue weighted by atomic mass is 16.7. The summed E-state index contributed by atoms with van der Waals surface area (Å²) in [4.78, 5) is 0. The highest BCUT2D eigenvalue weighted by molar-refractivity contribution is 5.47. The molecule has 0 aliphatic carbocycles. The van der Waals surface area contributed by atoms with Gasteiger partial charge in [-0.25, -0.2) is 0 Å². The second-order valence-corrected chi connectivity index (χ2v) is 8.00. The van der Waals surface area contributed by atoms with Gasteiger partial charge in [0.05, 0.1) is 19.8 Å². The lowest BCUT2D eigenvalue weighted by Crippen LogP contribution is -2.25. The summed E-state index contributed by atoms with van der Waals surface area (Å²) in [6.07, 6.45) is 1.98. The van der Waals surface area contributed by atoms with Crippen LogP contribution in [0.3, 0.4) is 0 Å². The van der Waals surface area contributed by atoms with Gasteiger partial charge in [0, 0.05) is 18.8 Å². The molecule has 0 aromatic heterocycles. The summed E-state index contributed by atoms with van der Waals surface area (Å²) in [6, 6.07) is 14.3. The Kier molecular flexibility index (Phi) is 7.94. The maximum Gasteiger partial charge on any atom is 0.158 e. The van der Waals surface area contributed by atoms with Gasteiger partial charge < -0.3 is 28.8 Å². The van der Waals surface area contributed by atoms with Gasteiger partial charge in [-0.05, 0) is 55.0 Å². The number of fused-ring (bicyclic) bond motifs is 2. The monoisotopic (exact) mass is 428 g/mol. The Labute approximate surface area is 184 Å². The molecule has 168 valence electrons. The molecule has 1 fully saturated rings. The molecule has 2 aromatic carbocycles. The van der Waals surface area contributed by atoms with Crippen LogP contribution in [0.2, 0.25) is 0 Å². The molecule has 2 aromatic rings. The Morgan fingerprint density at radius 2 is 1.94 bits per heavy atom. The highest BCUT2D eigenvalue weighted by Gasteiger charge is 2.29. The van der Waals surface area contributed by atoms with E-state index < -0.39 is 6.10 Å². The molecule has 0 saturated carbocycles. The first-order valence-corrected chi connectivity index (χ1v) is 11.2. The van der Waals surface area contributed by atoms with Gasteiger partial charge in [-0.3, -0.25) is 0 Å². The van der Waals surface area contributed by atoms with Crippen molar-refractivity contribution in [1.29, 1.82) is 0 Å². The zero-order valence-corrected chi connectivity index (χ0v) is 18.1. The van der Waals surface area contributed by atoms with Crippen LogP contribution in [0.1, 0.15) is 54.5 Å². The second kappa shape index (κ2) is 11.1.